The highest BCUT2D eigenvalue weighted by molar-refractivity contribution is 6.26. The van der Waals surface area contributed by atoms with E-state index in [-0.39, 0.29) is 0 Å². The van der Waals surface area contributed by atoms with Crippen LogP contribution in [-0.4, -0.2) is 9.13 Å². The molecule has 258 valence electrons. The molecule has 0 saturated heterocycles. The van der Waals surface area contributed by atoms with Gasteiger partial charge in [0.25, 0.3) is 0 Å². The van der Waals surface area contributed by atoms with Gasteiger partial charge in [-0.3, -0.25) is 0 Å². The molecule has 8 aromatic carbocycles. The number of para-hydroxylation sites is 4. The number of aromatic nitrogens is 2. The van der Waals surface area contributed by atoms with Gasteiger partial charge in [-0.1, -0.05) is 84.9 Å². The molecule has 12 rings (SSSR count). The molecule has 0 bridgehead atoms. The zero-order valence-electron chi connectivity index (χ0n) is 29.6. The number of fused-ring (bicyclic) bond motifs is 14. The summed E-state index contributed by atoms with van der Waals surface area (Å²) in [7, 11) is 0. The summed E-state index contributed by atoms with van der Waals surface area (Å²) in [5, 5.41) is 29.5. The average molecular weight is 715 g/mol. The van der Waals surface area contributed by atoms with Crippen molar-refractivity contribution in [2.45, 2.75) is 0 Å². The Morgan fingerprint density at radius 2 is 0.875 bits per heavy atom. The molecule has 4 aromatic heterocycles. The van der Waals surface area contributed by atoms with Crippen molar-refractivity contribution in [3.05, 3.63) is 169 Å². The van der Waals surface area contributed by atoms with E-state index in [1.807, 2.05) is 66.7 Å². The molecule has 0 amide bonds. The predicted octanol–water partition coefficient (Wildman–Crippen LogP) is 13.1. The number of nitriles is 2. The topological polar surface area (TPSA) is 83.7 Å². The molecule has 0 aliphatic heterocycles. The van der Waals surface area contributed by atoms with E-state index in [9.17, 15) is 10.5 Å². The van der Waals surface area contributed by atoms with Gasteiger partial charge < -0.3 is 18.0 Å². The van der Waals surface area contributed by atoms with E-state index in [4.69, 9.17) is 8.83 Å². The Morgan fingerprint density at radius 1 is 0.393 bits per heavy atom. The van der Waals surface area contributed by atoms with Crippen molar-refractivity contribution in [1.82, 2.24) is 9.13 Å². The molecule has 4 heterocycles. The minimum Gasteiger partial charge on any atom is -0.456 e. The summed E-state index contributed by atoms with van der Waals surface area (Å²) in [4.78, 5) is 0. The largest absolute Gasteiger partial charge is 0.456 e. The van der Waals surface area contributed by atoms with Crippen molar-refractivity contribution >= 4 is 87.5 Å². The number of hydrogen-bond donors (Lipinski definition) is 0. The Balaban J connectivity index is 1.34. The minimum atomic E-state index is 0.500. The molecule has 0 radical (unpaired) electrons. The van der Waals surface area contributed by atoms with Crippen molar-refractivity contribution in [2.75, 3.05) is 0 Å². The van der Waals surface area contributed by atoms with Crippen molar-refractivity contribution in [3.63, 3.8) is 0 Å². The molecule has 0 aliphatic rings. The third kappa shape index (κ3) is 4.02. The van der Waals surface area contributed by atoms with Gasteiger partial charge in [-0.15, -0.1) is 0 Å². The van der Waals surface area contributed by atoms with Gasteiger partial charge in [0.15, 0.2) is 0 Å². The molecule has 12 aromatic rings. The zero-order chi connectivity index (χ0) is 37.1. The molecule has 0 aliphatic carbocycles. The van der Waals surface area contributed by atoms with E-state index in [0.29, 0.717) is 11.1 Å². The minimum absolute atomic E-state index is 0.500. The zero-order valence-corrected chi connectivity index (χ0v) is 29.6. The lowest BCUT2D eigenvalue weighted by molar-refractivity contribution is 0.669. The fraction of sp³-hybridized carbons (Fsp3) is 0. The third-order valence-electron chi connectivity index (χ3n) is 11.3. The van der Waals surface area contributed by atoms with Gasteiger partial charge >= 0.3 is 0 Å². The SMILES string of the molecule is N#Cc1cccc(-c2c(-n3c4ccccc4c4ccc5oc6ccccc6c5c43)cc(C#N)cc2-n2c3ccccc3c3ccc4oc5ccccc5c4c32)c1. The molecule has 0 saturated carbocycles. The highest BCUT2D eigenvalue weighted by Gasteiger charge is 2.26. The van der Waals surface area contributed by atoms with E-state index in [1.54, 1.807) is 0 Å². The first-order valence-corrected chi connectivity index (χ1v) is 18.5. The maximum atomic E-state index is 10.9. The van der Waals surface area contributed by atoms with Crippen LogP contribution in [0.3, 0.4) is 0 Å². The third-order valence-corrected chi connectivity index (χ3v) is 11.3. The van der Waals surface area contributed by atoms with Crippen LogP contribution < -0.4 is 0 Å². The van der Waals surface area contributed by atoms with Crippen LogP contribution in [0.4, 0.5) is 0 Å². The van der Waals surface area contributed by atoms with E-state index >= 15 is 0 Å². The van der Waals surface area contributed by atoms with E-state index in [1.165, 1.54) is 0 Å². The van der Waals surface area contributed by atoms with E-state index < -0.39 is 0 Å². The summed E-state index contributed by atoms with van der Waals surface area (Å²) in [6.45, 7) is 0. The lowest BCUT2D eigenvalue weighted by Gasteiger charge is -2.21. The highest BCUT2D eigenvalue weighted by Crippen LogP contribution is 2.47. The summed E-state index contributed by atoms with van der Waals surface area (Å²) < 4.78 is 17.5. The van der Waals surface area contributed by atoms with Crippen LogP contribution in [0.2, 0.25) is 0 Å². The molecule has 0 N–H and O–H groups in total. The van der Waals surface area contributed by atoms with Crippen molar-refractivity contribution in [1.29, 1.82) is 10.5 Å². The number of benzene rings is 8. The maximum Gasteiger partial charge on any atom is 0.137 e. The average Bonchev–Trinajstić information content (AvgIpc) is 4.00. The summed E-state index contributed by atoms with van der Waals surface area (Å²) in [5.74, 6) is 0. The van der Waals surface area contributed by atoms with Crippen molar-refractivity contribution in [3.8, 4) is 34.6 Å². The Morgan fingerprint density at radius 3 is 1.39 bits per heavy atom. The van der Waals surface area contributed by atoms with Crippen LogP contribution in [0.15, 0.2) is 167 Å². The van der Waals surface area contributed by atoms with Crippen LogP contribution in [0, 0.1) is 22.7 Å². The van der Waals surface area contributed by atoms with Gasteiger partial charge in [0.2, 0.25) is 0 Å². The van der Waals surface area contributed by atoms with Crippen LogP contribution in [0.1, 0.15) is 11.1 Å². The first-order chi connectivity index (χ1) is 27.7. The monoisotopic (exact) mass is 714 g/mol. The fourth-order valence-electron chi connectivity index (χ4n) is 9.10. The summed E-state index contributed by atoms with van der Waals surface area (Å²) in [6.07, 6.45) is 0. The van der Waals surface area contributed by atoms with Gasteiger partial charge in [0.05, 0.1) is 67.5 Å². The smallest absolute Gasteiger partial charge is 0.137 e. The second kappa shape index (κ2) is 11.2. The standard InChI is InChI=1S/C50H26N4O2/c51-27-29-10-9-11-31(24-29)46-40(53-38-16-5-1-12-32(38)34-20-22-44-47(49(34)53)36-14-3-7-18-42(36)55-44)25-30(28-52)26-41(46)54-39-17-6-2-13-33(39)35-21-23-45-48(50(35)54)37-15-4-8-19-43(37)56-45/h1-26H. The molecule has 0 unspecified atom stereocenters. The van der Waals surface area contributed by atoms with Crippen molar-refractivity contribution < 1.29 is 8.83 Å². The molecular formula is C50H26N4O2. The van der Waals surface area contributed by atoms with Gasteiger partial charge in [-0.25, -0.2) is 0 Å². The molecular weight excluding hydrogens is 689 g/mol. The predicted molar refractivity (Wildman–Crippen MR) is 225 cm³/mol. The lowest BCUT2D eigenvalue weighted by atomic mass is 9.96. The summed E-state index contributed by atoms with van der Waals surface area (Å²) in [5.41, 5.74) is 11.5. The molecule has 56 heavy (non-hydrogen) atoms. The van der Waals surface area contributed by atoms with Crippen molar-refractivity contribution in [2.24, 2.45) is 0 Å². The lowest BCUT2D eigenvalue weighted by Crippen LogP contribution is -2.05. The molecule has 6 nitrogen and oxygen atoms in total. The van der Waals surface area contributed by atoms with Crippen LogP contribution >= 0.6 is 0 Å². The van der Waals surface area contributed by atoms with Crippen LogP contribution in [0.5, 0.6) is 0 Å². The number of nitrogens with zero attached hydrogens (tertiary/aromatic N) is 4. The molecule has 0 fully saturated rings. The summed E-state index contributed by atoms with van der Waals surface area (Å²) >= 11 is 0. The Bertz CT molecular complexity index is 3540. The molecule has 0 atom stereocenters. The second-order valence-electron chi connectivity index (χ2n) is 14.3. The van der Waals surface area contributed by atoms with Crippen LogP contribution in [-0.2, 0) is 0 Å². The van der Waals surface area contributed by atoms with Crippen LogP contribution in [0.25, 0.3) is 110 Å². The summed E-state index contributed by atoms with van der Waals surface area (Å²) in [6, 6.07) is 58.2. The Kier molecular flexibility index (Phi) is 6.10. The van der Waals surface area contributed by atoms with Gasteiger partial charge in [-0.05, 0) is 78.4 Å². The van der Waals surface area contributed by atoms with E-state index in [0.717, 1.165) is 110 Å². The Labute approximate surface area is 318 Å². The van der Waals surface area contributed by atoms with Gasteiger partial charge in [0, 0.05) is 37.9 Å². The maximum absolute atomic E-state index is 10.9. The normalized spacial score (nSPS) is 11.9. The highest BCUT2D eigenvalue weighted by atomic mass is 16.3. The number of hydrogen-bond acceptors (Lipinski definition) is 4. The quantitative estimate of drug-likeness (QED) is 0.182. The molecule has 6 heteroatoms. The first kappa shape index (κ1) is 30.4. The fourth-order valence-corrected chi connectivity index (χ4v) is 9.10. The second-order valence-corrected chi connectivity index (χ2v) is 14.3. The Hall–Kier alpha value is -8.06. The molecule has 0 spiro atoms. The number of furan rings is 2. The van der Waals surface area contributed by atoms with Gasteiger partial charge in [0.1, 0.15) is 22.3 Å². The van der Waals surface area contributed by atoms with Gasteiger partial charge in [-0.2, -0.15) is 10.5 Å². The van der Waals surface area contributed by atoms with E-state index in [2.05, 4.69) is 112 Å². The first-order valence-electron chi connectivity index (χ1n) is 18.5. The number of rotatable bonds is 3.